The van der Waals surface area contributed by atoms with E-state index in [9.17, 15) is 14.0 Å². The predicted molar refractivity (Wildman–Crippen MR) is 86.6 cm³/mol. The zero-order chi connectivity index (χ0) is 17.0. The van der Waals surface area contributed by atoms with Crippen LogP contribution in [-0.4, -0.2) is 17.8 Å². The molecular formula is C17H15ClFNO3. The Labute approximate surface area is 138 Å². The van der Waals surface area contributed by atoms with Crippen molar-refractivity contribution >= 4 is 29.0 Å². The molecule has 6 heteroatoms. The van der Waals surface area contributed by atoms with E-state index in [4.69, 9.17) is 16.3 Å². The highest BCUT2D eigenvalue weighted by atomic mass is 35.5. The number of ether oxygens (including phenoxy) is 1. The summed E-state index contributed by atoms with van der Waals surface area (Å²) in [5.41, 5.74) is 0.583. The standard InChI is InChI=1S/C17H15ClFNO3/c1-10(21)12-3-6-14(7-4-12)23-11(2)17(22)20-16-8-5-13(18)9-15(16)19/h3-9,11H,1-2H3,(H,20,22)/t11-/m1/s1. The maximum absolute atomic E-state index is 13.6. The molecule has 1 atom stereocenters. The van der Waals surface area contributed by atoms with Crippen LogP contribution in [0, 0.1) is 5.82 Å². The fraction of sp³-hybridized carbons (Fsp3) is 0.176. The van der Waals surface area contributed by atoms with Crippen molar-refractivity contribution in [3.05, 3.63) is 58.9 Å². The van der Waals surface area contributed by atoms with Gasteiger partial charge in [-0.2, -0.15) is 0 Å². The number of benzene rings is 2. The average molecular weight is 336 g/mol. The van der Waals surface area contributed by atoms with Crippen LogP contribution in [0.15, 0.2) is 42.5 Å². The Kier molecular flexibility index (Phi) is 5.34. The smallest absolute Gasteiger partial charge is 0.265 e. The molecule has 23 heavy (non-hydrogen) atoms. The van der Waals surface area contributed by atoms with Crippen LogP contribution in [0.2, 0.25) is 5.02 Å². The van der Waals surface area contributed by atoms with Crippen LogP contribution in [0.5, 0.6) is 5.75 Å². The molecule has 0 aliphatic heterocycles. The van der Waals surface area contributed by atoms with Gasteiger partial charge in [-0.05, 0) is 56.3 Å². The lowest BCUT2D eigenvalue weighted by molar-refractivity contribution is -0.122. The maximum Gasteiger partial charge on any atom is 0.265 e. The summed E-state index contributed by atoms with van der Waals surface area (Å²) in [6.45, 7) is 3.01. The number of ketones is 1. The highest BCUT2D eigenvalue weighted by molar-refractivity contribution is 6.30. The molecule has 0 bridgehead atoms. The zero-order valence-corrected chi connectivity index (χ0v) is 13.4. The van der Waals surface area contributed by atoms with Crippen LogP contribution >= 0.6 is 11.6 Å². The van der Waals surface area contributed by atoms with Crippen molar-refractivity contribution < 1.29 is 18.7 Å². The molecular weight excluding hydrogens is 321 g/mol. The molecule has 0 heterocycles. The van der Waals surface area contributed by atoms with Crippen molar-refractivity contribution in [3.8, 4) is 5.75 Å². The molecule has 0 saturated heterocycles. The summed E-state index contributed by atoms with van der Waals surface area (Å²) in [6, 6.07) is 10.4. The molecule has 0 saturated carbocycles. The average Bonchev–Trinajstić information content (AvgIpc) is 2.50. The van der Waals surface area contributed by atoms with Gasteiger partial charge in [0.15, 0.2) is 11.9 Å². The first kappa shape index (κ1) is 17.0. The third-order valence-corrected chi connectivity index (χ3v) is 3.37. The van der Waals surface area contributed by atoms with Gasteiger partial charge in [-0.15, -0.1) is 0 Å². The number of carbonyl (C=O) groups is 2. The predicted octanol–water partition coefficient (Wildman–Crippen LogP) is 4.09. The van der Waals surface area contributed by atoms with E-state index in [-0.39, 0.29) is 16.5 Å². The highest BCUT2D eigenvalue weighted by Gasteiger charge is 2.16. The summed E-state index contributed by atoms with van der Waals surface area (Å²) in [5.74, 6) is -0.736. The van der Waals surface area contributed by atoms with Gasteiger partial charge in [0.05, 0.1) is 5.69 Å². The number of halogens is 2. The number of nitrogens with one attached hydrogen (secondary N) is 1. The van der Waals surface area contributed by atoms with E-state index < -0.39 is 17.8 Å². The minimum Gasteiger partial charge on any atom is -0.481 e. The quantitative estimate of drug-likeness (QED) is 0.837. The number of amides is 1. The van der Waals surface area contributed by atoms with Crippen molar-refractivity contribution in [1.29, 1.82) is 0 Å². The van der Waals surface area contributed by atoms with E-state index in [1.54, 1.807) is 31.2 Å². The van der Waals surface area contributed by atoms with Crippen LogP contribution in [0.4, 0.5) is 10.1 Å². The number of carbonyl (C=O) groups excluding carboxylic acids is 2. The first-order valence-electron chi connectivity index (χ1n) is 6.90. The highest BCUT2D eigenvalue weighted by Crippen LogP contribution is 2.20. The molecule has 2 rings (SSSR count). The van der Waals surface area contributed by atoms with Crippen molar-refractivity contribution in [1.82, 2.24) is 0 Å². The molecule has 0 fully saturated rings. The fourth-order valence-electron chi connectivity index (χ4n) is 1.85. The van der Waals surface area contributed by atoms with E-state index in [0.717, 1.165) is 6.07 Å². The van der Waals surface area contributed by atoms with Gasteiger partial charge >= 0.3 is 0 Å². The Morgan fingerprint density at radius 1 is 1.17 bits per heavy atom. The van der Waals surface area contributed by atoms with Gasteiger partial charge in [-0.1, -0.05) is 11.6 Å². The second kappa shape index (κ2) is 7.24. The summed E-state index contributed by atoms with van der Waals surface area (Å²) < 4.78 is 19.1. The maximum atomic E-state index is 13.6. The fourth-order valence-corrected chi connectivity index (χ4v) is 2.01. The Bertz CT molecular complexity index is 731. The first-order chi connectivity index (χ1) is 10.9. The van der Waals surface area contributed by atoms with Crippen LogP contribution in [0.3, 0.4) is 0 Å². The molecule has 0 aliphatic carbocycles. The van der Waals surface area contributed by atoms with Gasteiger partial charge in [0.25, 0.3) is 5.91 Å². The largest absolute Gasteiger partial charge is 0.481 e. The number of Topliss-reactive ketones (excluding diaryl/α,β-unsaturated/α-hetero) is 1. The number of hydrogen-bond donors (Lipinski definition) is 1. The number of hydrogen-bond acceptors (Lipinski definition) is 3. The zero-order valence-electron chi connectivity index (χ0n) is 12.6. The van der Waals surface area contributed by atoms with Gasteiger partial charge in [-0.25, -0.2) is 4.39 Å². The molecule has 120 valence electrons. The minimum absolute atomic E-state index is 0.0294. The van der Waals surface area contributed by atoms with Crippen molar-refractivity contribution in [2.24, 2.45) is 0 Å². The van der Waals surface area contributed by atoms with E-state index in [1.807, 2.05) is 0 Å². The third kappa shape index (κ3) is 4.53. The molecule has 0 spiro atoms. The SMILES string of the molecule is CC(=O)c1ccc(O[C@H](C)C(=O)Nc2ccc(Cl)cc2F)cc1. The van der Waals surface area contributed by atoms with Crippen LogP contribution in [-0.2, 0) is 4.79 Å². The second-order valence-corrected chi connectivity index (χ2v) is 5.39. The number of rotatable bonds is 5. The van der Waals surface area contributed by atoms with Crippen LogP contribution in [0.1, 0.15) is 24.2 Å². The third-order valence-electron chi connectivity index (χ3n) is 3.13. The summed E-state index contributed by atoms with van der Waals surface area (Å²) in [7, 11) is 0. The Morgan fingerprint density at radius 3 is 2.39 bits per heavy atom. The lowest BCUT2D eigenvalue weighted by Crippen LogP contribution is -2.30. The summed E-state index contributed by atoms with van der Waals surface area (Å²) in [5, 5.41) is 2.68. The lowest BCUT2D eigenvalue weighted by atomic mass is 10.1. The Morgan fingerprint density at radius 2 is 1.83 bits per heavy atom. The van der Waals surface area contributed by atoms with Crippen LogP contribution in [0.25, 0.3) is 0 Å². The van der Waals surface area contributed by atoms with Gasteiger partial charge in [-0.3, -0.25) is 9.59 Å². The van der Waals surface area contributed by atoms with Gasteiger partial charge in [0.2, 0.25) is 0 Å². The molecule has 0 aromatic heterocycles. The van der Waals surface area contributed by atoms with Crippen molar-refractivity contribution in [3.63, 3.8) is 0 Å². The van der Waals surface area contributed by atoms with Gasteiger partial charge in [0.1, 0.15) is 11.6 Å². The minimum atomic E-state index is -0.840. The summed E-state index contributed by atoms with van der Waals surface area (Å²) >= 11 is 5.66. The molecule has 1 N–H and O–H groups in total. The molecule has 2 aromatic carbocycles. The molecule has 4 nitrogen and oxygen atoms in total. The topological polar surface area (TPSA) is 55.4 Å². The lowest BCUT2D eigenvalue weighted by Gasteiger charge is -2.15. The van der Waals surface area contributed by atoms with Gasteiger partial charge in [0, 0.05) is 10.6 Å². The number of anilines is 1. The second-order valence-electron chi connectivity index (χ2n) is 4.95. The molecule has 0 unspecified atom stereocenters. The van der Waals surface area contributed by atoms with E-state index in [1.165, 1.54) is 19.1 Å². The van der Waals surface area contributed by atoms with Crippen molar-refractivity contribution in [2.45, 2.75) is 20.0 Å². The van der Waals surface area contributed by atoms with Crippen molar-refractivity contribution in [2.75, 3.05) is 5.32 Å². The van der Waals surface area contributed by atoms with E-state index in [0.29, 0.717) is 11.3 Å². The molecule has 0 aliphatic rings. The Hall–Kier alpha value is -2.40. The van der Waals surface area contributed by atoms with Gasteiger partial charge < -0.3 is 10.1 Å². The first-order valence-corrected chi connectivity index (χ1v) is 7.28. The van der Waals surface area contributed by atoms with E-state index >= 15 is 0 Å². The molecule has 1 amide bonds. The molecule has 2 aromatic rings. The monoisotopic (exact) mass is 335 g/mol. The summed E-state index contributed by atoms with van der Waals surface area (Å²) in [6.07, 6.45) is -0.840. The normalized spacial score (nSPS) is 11.7. The molecule has 0 radical (unpaired) electrons. The Balaban J connectivity index is 2.00. The van der Waals surface area contributed by atoms with Crippen LogP contribution < -0.4 is 10.1 Å². The van der Waals surface area contributed by atoms with E-state index in [2.05, 4.69) is 5.32 Å². The summed E-state index contributed by atoms with van der Waals surface area (Å²) in [4.78, 5) is 23.2.